The van der Waals surface area contributed by atoms with Crippen LogP contribution in [0, 0.1) is 0 Å². The number of para-hydroxylation sites is 4. The summed E-state index contributed by atoms with van der Waals surface area (Å²) >= 11 is 0. The third-order valence-electron chi connectivity index (χ3n) is 10.1. The van der Waals surface area contributed by atoms with Crippen molar-refractivity contribution in [1.29, 1.82) is 0 Å². The van der Waals surface area contributed by atoms with Crippen molar-refractivity contribution < 1.29 is 0 Å². The van der Waals surface area contributed by atoms with E-state index in [0.717, 1.165) is 45.1 Å². The predicted octanol–water partition coefficient (Wildman–Crippen LogP) is 10.6. The Labute approximate surface area is 286 Å². The minimum atomic E-state index is 0.776. The molecule has 0 bridgehead atoms. The van der Waals surface area contributed by atoms with E-state index in [1.807, 2.05) is 12.4 Å². The molecule has 0 aliphatic rings. The highest BCUT2D eigenvalue weighted by molar-refractivity contribution is 6.22. The lowest BCUT2D eigenvalue weighted by Crippen LogP contribution is -2.03. The fraction of sp³-hybridized carbons (Fsp3) is 0. The number of fused-ring (bicyclic) bond motifs is 10. The van der Waals surface area contributed by atoms with Crippen LogP contribution in [0.1, 0.15) is 0 Å². The van der Waals surface area contributed by atoms with Crippen LogP contribution in [-0.4, -0.2) is 28.2 Å². The maximum atomic E-state index is 5.12. The lowest BCUT2D eigenvalue weighted by atomic mass is 10.1. The van der Waals surface area contributed by atoms with Gasteiger partial charge in [-0.3, -0.25) is 9.13 Å². The highest BCUT2D eigenvalue weighted by Gasteiger charge is 2.20. The standard InChI is InChI=1S/C44H28N6/c1-3-11-31(12-4-1)47-25-23-29-19-21-37-41(43(29)47)33-15-7-9-17-35(33)49(37)39-27-46-40(28-45-39)50-36-18-10-8-16-34(36)42-38(50)22-20-30-24-26-48(44(30)42)32-13-5-2-6-14-32/h1-28H. The van der Waals surface area contributed by atoms with E-state index in [-0.39, 0.29) is 0 Å². The van der Waals surface area contributed by atoms with E-state index in [1.54, 1.807) is 0 Å². The molecule has 0 saturated carbocycles. The Hall–Kier alpha value is -6.92. The Bertz CT molecular complexity index is 2860. The van der Waals surface area contributed by atoms with Gasteiger partial charge >= 0.3 is 0 Å². The van der Waals surface area contributed by atoms with E-state index in [9.17, 15) is 0 Å². The SMILES string of the molecule is c1ccc(-n2ccc3ccc4c(c5ccccc5n4-c4cnc(-n5c6ccccc6c6c7c(ccc65)ccn7-c5ccccc5)cn4)c32)cc1. The average Bonchev–Trinajstić information content (AvgIpc) is 3.96. The summed E-state index contributed by atoms with van der Waals surface area (Å²) in [7, 11) is 0. The molecule has 5 heterocycles. The Morgan fingerprint density at radius 2 is 0.780 bits per heavy atom. The predicted molar refractivity (Wildman–Crippen MR) is 204 cm³/mol. The summed E-state index contributed by atoms with van der Waals surface area (Å²) in [5.41, 5.74) is 9.02. The molecule has 0 aliphatic carbocycles. The molecule has 0 unspecified atom stereocenters. The lowest BCUT2D eigenvalue weighted by Gasteiger charge is -2.10. The van der Waals surface area contributed by atoms with Crippen molar-refractivity contribution in [3.8, 4) is 23.0 Å². The van der Waals surface area contributed by atoms with Crippen LogP contribution in [0.2, 0.25) is 0 Å². The van der Waals surface area contributed by atoms with Gasteiger partial charge in [0.05, 0.1) is 45.5 Å². The van der Waals surface area contributed by atoms with Crippen molar-refractivity contribution in [2.45, 2.75) is 0 Å². The summed E-state index contributed by atoms with van der Waals surface area (Å²) in [6.45, 7) is 0. The summed E-state index contributed by atoms with van der Waals surface area (Å²) < 4.78 is 9.06. The number of hydrogen-bond donors (Lipinski definition) is 0. The summed E-state index contributed by atoms with van der Waals surface area (Å²) in [6.07, 6.45) is 8.15. The van der Waals surface area contributed by atoms with Gasteiger partial charge in [-0.2, -0.15) is 0 Å². The molecule has 0 atom stereocenters. The van der Waals surface area contributed by atoms with E-state index in [0.29, 0.717) is 0 Å². The first-order valence-electron chi connectivity index (χ1n) is 16.8. The number of hydrogen-bond acceptors (Lipinski definition) is 2. The number of rotatable bonds is 4. The second kappa shape index (κ2) is 10.3. The van der Waals surface area contributed by atoms with Crippen LogP contribution in [0.5, 0.6) is 0 Å². The van der Waals surface area contributed by atoms with Gasteiger partial charge in [0.15, 0.2) is 11.6 Å². The van der Waals surface area contributed by atoms with Gasteiger partial charge in [0.1, 0.15) is 0 Å². The van der Waals surface area contributed by atoms with Crippen molar-refractivity contribution in [2.75, 3.05) is 0 Å². The highest BCUT2D eigenvalue weighted by atomic mass is 15.1. The van der Waals surface area contributed by atoms with Crippen molar-refractivity contribution in [1.82, 2.24) is 28.2 Å². The van der Waals surface area contributed by atoms with Crippen LogP contribution in [0.4, 0.5) is 0 Å². The minimum Gasteiger partial charge on any atom is -0.316 e. The van der Waals surface area contributed by atoms with E-state index in [4.69, 9.17) is 9.97 Å². The van der Waals surface area contributed by atoms with Crippen LogP contribution < -0.4 is 0 Å². The maximum absolute atomic E-state index is 5.12. The second-order valence-corrected chi connectivity index (χ2v) is 12.8. The third kappa shape index (κ3) is 3.73. The van der Waals surface area contributed by atoms with Crippen LogP contribution in [-0.2, 0) is 0 Å². The molecular weight excluding hydrogens is 613 g/mol. The molecule has 11 rings (SSSR count). The van der Waals surface area contributed by atoms with E-state index < -0.39 is 0 Å². The Morgan fingerprint density at radius 1 is 0.360 bits per heavy atom. The van der Waals surface area contributed by atoms with Gasteiger partial charge in [0.2, 0.25) is 0 Å². The highest BCUT2D eigenvalue weighted by Crippen LogP contribution is 2.40. The fourth-order valence-corrected chi connectivity index (χ4v) is 8.01. The molecule has 6 heteroatoms. The minimum absolute atomic E-state index is 0.776. The number of benzene rings is 6. The third-order valence-corrected chi connectivity index (χ3v) is 10.1. The Morgan fingerprint density at radius 3 is 1.22 bits per heavy atom. The summed E-state index contributed by atoms with van der Waals surface area (Å²) in [6, 6.07) is 51.5. The van der Waals surface area contributed by atoms with Crippen LogP contribution in [0.15, 0.2) is 170 Å². The van der Waals surface area contributed by atoms with Crippen LogP contribution in [0.25, 0.3) is 88.4 Å². The van der Waals surface area contributed by atoms with Crippen LogP contribution >= 0.6 is 0 Å². The number of nitrogens with zero attached hydrogens (tertiary/aromatic N) is 6. The van der Waals surface area contributed by atoms with Crippen molar-refractivity contribution in [3.63, 3.8) is 0 Å². The van der Waals surface area contributed by atoms with E-state index in [1.165, 1.54) is 43.4 Å². The number of aromatic nitrogens is 6. The van der Waals surface area contributed by atoms with Crippen molar-refractivity contribution in [2.24, 2.45) is 0 Å². The van der Waals surface area contributed by atoms with Gasteiger partial charge in [-0.1, -0.05) is 84.9 Å². The first-order chi connectivity index (χ1) is 24.8. The zero-order chi connectivity index (χ0) is 32.8. The zero-order valence-corrected chi connectivity index (χ0v) is 26.8. The molecule has 6 nitrogen and oxygen atoms in total. The maximum Gasteiger partial charge on any atom is 0.156 e. The van der Waals surface area contributed by atoms with Gasteiger partial charge in [-0.05, 0) is 60.7 Å². The topological polar surface area (TPSA) is 45.5 Å². The quantitative estimate of drug-likeness (QED) is 0.192. The normalized spacial score (nSPS) is 12.0. The fourth-order valence-electron chi connectivity index (χ4n) is 8.01. The molecule has 0 saturated heterocycles. The largest absolute Gasteiger partial charge is 0.316 e. The molecule has 0 fully saturated rings. The van der Waals surface area contributed by atoms with Crippen LogP contribution in [0.3, 0.4) is 0 Å². The molecule has 5 aromatic heterocycles. The van der Waals surface area contributed by atoms with Gasteiger partial charge in [0.25, 0.3) is 0 Å². The molecule has 0 N–H and O–H groups in total. The molecule has 0 amide bonds. The molecule has 11 aromatic rings. The average molecular weight is 641 g/mol. The molecular formula is C44H28N6. The Balaban J connectivity index is 1.13. The summed E-state index contributed by atoms with van der Waals surface area (Å²) in [5.74, 6) is 1.55. The van der Waals surface area contributed by atoms with Gasteiger partial charge in [-0.15, -0.1) is 0 Å². The first-order valence-corrected chi connectivity index (χ1v) is 16.8. The van der Waals surface area contributed by atoms with Gasteiger partial charge < -0.3 is 9.13 Å². The first kappa shape index (κ1) is 27.1. The second-order valence-electron chi connectivity index (χ2n) is 12.8. The lowest BCUT2D eigenvalue weighted by molar-refractivity contribution is 0.989. The van der Waals surface area contributed by atoms with E-state index in [2.05, 4.69) is 176 Å². The van der Waals surface area contributed by atoms with Gasteiger partial charge in [0, 0.05) is 56.1 Å². The van der Waals surface area contributed by atoms with Crippen molar-refractivity contribution in [3.05, 3.63) is 170 Å². The monoisotopic (exact) mass is 640 g/mol. The molecule has 0 spiro atoms. The summed E-state index contributed by atoms with van der Waals surface area (Å²) in [4.78, 5) is 10.2. The molecule has 0 radical (unpaired) electrons. The zero-order valence-electron chi connectivity index (χ0n) is 26.8. The van der Waals surface area contributed by atoms with Gasteiger partial charge in [-0.25, -0.2) is 9.97 Å². The molecule has 50 heavy (non-hydrogen) atoms. The smallest absolute Gasteiger partial charge is 0.156 e. The molecule has 6 aromatic carbocycles. The molecule has 0 aliphatic heterocycles. The molecule has 234 valence electrons. The Kier molecular flexibility index (Phi) is 5.57. The van der Waals surface area contributed by atoms with Crippen molar-refractivity contribution >= 4 is 65.4 Å². The summed E-state index contributed by atoms with van der Waals surface area (Å²) in [5, 5.41) is 7.16. The van der Waals surface area contributed by atoms with E-state index >= 15 is 0 Å².